The SMILES string of the molecule is CN(CCc1cnc2nc(N)[nH]c(=O)c2n1)c1ccc(C(=O)N[C@H](CCC(=O)O)C(=O)O)cc1. The first-order valence-electron chi connectivity index (χ1n) is 10.2. The number of nitrogens with zero attached hydrogens (tertiary/aromatic N) is 4. The molecule has 0 fully saturated rings. The van der Waals surface area contributed by atoms with Gasteiger partial charge in [0.05, 0.1) is 11.9 Å². The molecule has 34 heavy (non-hydrogen) atoms. The molecule has 3 rings (SSSR count). The molecule has 0 bridgehead atoms. The minimum absolute atomic E-state index is 0.0323. The van der Waals surface area contributed by atoms with Gasteiger partial charge in [-0.1, -0.05) is 0 Å². The van der Waals surface area contributed by atoms with E-state index in [1.807, 2.05) is 11.9 Å². The standard InChI is InChI=1S/C21H23N7O6/c1-28(9-8-12-10-23-17-16(24-12)19(32)27-21(22)26-17)13-4-2-11(3-5-13)18(31)25-14(20(33)34)6-7-15(29)30/h2-5,10,14H,6-9H2,1H3,(H,25,31)(H,29,30)(H,33,34)(H3,22,23,26,27,32)/t14-/m1/s1. The molecule has 6 N–H and O–H groups in total. The van der Waals surface area contributed by atoms with E-state index in [1.54, 1.807) is 24.3 Å². The number of rotatable bonds is 10. The molecule has 0 unspecified atom stereocenters. The van der Waals surface area contributed by atoms with Gasteiger partial charge in [-0.05, 0) is 30.7 Å². The van der Waals surface area contributed by atoms with Crippen LogP contribution >= 0.6 is 0 Å². The van der Waals surface area contributed by atoms with Crippen LogP contribution in [0, 0.1) is 0 Å². The smallest absolute Gasteiger partial charge is 0.326 e. The van der Waals surface area contributed by atoms with E-state index in [2.05, 4.69) is 25.3 Å². The van der Waals surface area contributed by atoms with Gasteiger partial charge in [-0.15, -0.1) is 0 Å². The number of aromatic amines is 1. The first-order chi connectivity index (χ1) is 16.1. The summed E-state index contributed by atoms with van der Waals surface area (Å²) in [6.07, 6.45) is 1.42. The van der Waals surface area contributed by atoms with E-state index < -0.39 is 29.4 Å². The second-order valence-electron chi connectivity index (χ2n) is 7.50. The number of amides is 1. The molecule has 0 aliphatic heterocycles. The molecular formula is C21H23N7O6. The highest BCUT2D eigenvalue weighted by atomic mass is 16.4. The van der Waals surface area contributed by atoms with Gasteiger partial charge in [0.1, 0.15) is 6.04 Å². The molecule has 0 spiro atoms. The molecule has 1 atom stereocenters. The van der Waals surface area contributed by atoms with Crippen molar-refractivity contribution < 1.29 is 24.6 Å². The van der Waals surface area contributed by atoms with Crippen LogP contribution in [-0.2, 0) is 16.0 Å². The first-order valence-corrected chi connectivity index (χ1v) is 10.2. The van der Waals surface area contributed by atoms with Gasteiger partial charge in [0.15, 0.2) is 11.2 Å². The van der Waals surface area contributed by atoms with Gasteiger partial charge in [-0.2, -0.15) is 4.98 Å². The summed E-state index contributed by atoms with van der Waals surface area (Å²) in [4.78, 5) is 62.9. The molecule has 2 aromatic heterocycles. The number of aliphatic carboxylic acids is 2. The average molecular weight is 469 g/mol. The Hall–Kier alpha value is -4.55. The Kier molecular flexibility index (Phi) is 7.36. The fourth-order valence-electron chi connectivity index (χ4n) is 3.14. The van der Waals surface area contributed by atoms with Crippen LogP contribution in [0.25, 0.3) is 11.2 Å². The molecule has 13 nitrogen and oxygen atoms in total. The topological polar surface area (TPSA) is 204 Å². The van der Waals surface area contributed by atoms with Gasteiger partial charge in [-0.25, -0.2) is 14.8 Å². The number of benzene rings is 1. The monoisotopic (exact) mass is 469 g/mol. The zero-order valence-corrected chi connectivity index (χ0v) is 18.2. The predicted octanol–water partition coefficient (Wildman–Crippen LogP) is 0.0220. The van der Waals surface area contributed by atoms with Crippen LogP contribution in [0.2, 0.25) is 0 Å². The number of fused-ring (bicyclic) bond motifs is 1. The maximum absolute atomic E-state index is 12.4. The van der Waals surface area contributed by atoms with Crippen molar-refractivity contribution in [1.29, 1.82) is 0 Å². The number of anilines is 2. The Morgan fingerprint density at radius 2 is 1.88 bits per heavy atom. The van der Waals surface area contributed by atoms with Crippen LogP contribution < -0.4 is 21.5 Å². The van der Waals surface area contributed by atoms with Crippen LogP contribution in [0.4, 0.5) is 11.6 Å². The van der Waals surface area contributed by atoms with Crippen molar-refractivity contribution in [2.75, 3.05) is 24.2 Å². The number of carbonyl (C=O) groups excluding carboxylic acids is 1. The Morgan fingerprint density at radius 1 is 1.18 bits per heavy atom. The van der Waals surface area contributed by atoms with Gasteiger partial charge in [0.25, 0.3) is 11.5 Å². The zero-order chi connectivity index (χ0) is 24.8. The number of nitrogen functional groups attached to an aromatic ring is 1. The number of hydrogen-bond acceptors (Lipinski definition) is 9. The van der Waals surface area contributed by atoms with E-state index in [9.17, 15) is 24.3 Å². The summed E-state index contributed by atoms with van der Waals surface area (Å²) in [5, 5.41) is 20.2. The van der Waals surface area contributed by atoms with Crippen molar-refractivity contribution in [3.63, 3.8) is 0 Å². The molecule has 13 heteroatoms. The average Bonchev–Trinajstić information content (AvgIpc) is 2.79. The molecule has 0 aliphatic carbocycles. The second kappa shape index (κ2) is 10.4. The minimum atomic E-state index is -1.30. The molecule has 0 aliphatic rings. The van der Waals surface area contributed by atoms with Crippen LogP contribution in [0.3, 0.4) is 0 Å². The van der Waals surface area contributed by atoms with Gasteiger partial charge < -0.3 is 26.2 Å². The third-order valence-corrected chi connectivity index (χ3v) is 5.01. The van der Waals surface area contributed by atoms with Crippen LogP contribution in [0.5, 0.6) is 0 Å². The van der Waals surface area contributed by atoms with Crippen molar-refractivity contribution in [2.24, 2.45) is 0 Å². The van der Waals surface area contributed by atoms with E-state index in [4.69, 9.17) is 10.8 Å². The van der Waals surface area contributed by atoms with E-state index >= 15 is 0 Å². The number of aromatic nitrogens is 4. The normalized spacial score (nSPS) is 11.7. The zero-order valence-electron chi connectivity index (χ0n) is 18.2. The number of nitrogens with one attached hydrogen (secondary N) is 2. The molecule has 178 valence electrons. The van der Waals surface area contributed by atoms with Gasteiger partial charge in [0.2, 0.25) is 5.95 Å². The molecule has 0 radical (unpaired) electrons. The summed E-state index contributed by atoms with van der Waals surface area (Å²) in [5.41, 5.74) is 6.93. The van der Waals surface area contributed by atoms with Crippen LogP contribution in [0.15, 0.2) is 35.3 Å². The van der Waals surface area contributed by atoms with Crippen molar-refractivity contribution in [1.82, 2.24) is 25.3 Å². The number of carbonyl (C=O) groups is 3. The van der Waals surface area contributed by atoms with Gasteiger partial charge in [-0.3, -0.25) is 19.4 Å². The number of carboxylic acids is 2. The van der Waals surface area contributed by atoms with Crippen molar-refractivity contribution in [3.8, 4) is 0 Å². The summed E-state index contributed by atoms with van der Waals surface area (Å²) < 4.78 is 0. The molecule has 1 aromatic carbocycles. The number of H-pyrrole nitrogens is 1. The molecule has 2 heterocycles. The fourth-order valence-corrected chi connectivity index (χ4v) is 3.14. The lowest BCUT2D eigenvalue weighted by Gasteiger charge is -2.19. The lowest BCUT2D eigenvalue weighted by Crippen LogP contribution is -2.41. The Bertz CT molecular complexity index is 1270. The molecular weight excluding hydrogens is 446 g/mol. The minimum Gasteiger partial charge on any atom is -0.481 e. The predicted molar refractivity (Wildman–Crippen MR) is 122 cm³/mol. The summed E-state index contributed by atoms with van der Waals surface area (Å²) in [6.45, 7) is 0.530. The van der Waals surface area contributed by atoms with E-state index in [0.717, 1.165) is 5.69 Å². The maximum atomic E-state index is 12.4. The largest absolute Gasteiger partial charge is 0.481 e. The highest BCUT2D eigenvalue weighted by Crippen LogP contribution is 2.15. The number of carboxylic acid groups (broad SMARTS) is 2. The molecule has 1 amide bonds. The number of likely N-dealkylation sites (N-methyl/N-ethyl adjacent to an activating group) is 1. The number of nitrogens with two attached hydrogens (primary N) is 1. The van der Waals surface area contributed by atoms with E-state index in [1.165, 1.54) is 6.20 Å². The highest BCUT2D eigenvalue weighted by Gasteiger charge is 2.21. The number of hydrogen-bond donors (Lipinski definition) is 5. The second-order valence-corrected chi connectivity index (χ2v) is 7.50. The third-order valence-electron chi connectivity index (χ3n) is 5.01. The van der Waals surface area contributed by atoms with Crippen LogP contribution in [0.1, 0.15) is 28.9 Å². The van der Waals surface area contributed by atoms with Crippen molar-refractivity contribution in [3.05, 3.63) is 52.1 Å². The van der Waals surface area contributed by atoms with Gasteiger partial charge in [0, 0.05) is 37.7 Å². The summed E-state index contributed by atoms with van der Waals surface area (Å²) in [6, 6.07) is 5.19. The third kappa shape index (κ3) is 6.03. The van der Waals surface area contributed by atoms with E-state index in [0.29, 0.717) is 18.7 Å². The molecule has 0 saturated carbocycles. The van der Waals surface area contributed by atoms with Gasteiger partial charge >= 0.3 is 11.9 Å². The quantitative estimate of drug-likeness (QED) is 0.268. The van der Waals surface area contributed by atoms with E-state index in [-0.39, 0.29) is 35.5 Å². The van der Waals surface area contributed by atoms with Crippen molar-refractivity contribution in [2.45, 2.75) is 25.3 Å². The lowest BCUT2D eigenvalue weighted by atomic mass is 10.1. The Balaban J connectivity index is 1.61. The summed E-state index contributed by atoms with van der Waals surface area (Å²) in [7, 11) is 1.84. The maximum Gasteiger partial charge on any atom is 0.326 e. The molecule has 0 saturated heterocycles. The summed E-state index contributed by atoms with van der Waals surface area (Å²) >= 11 is 0. The summed E-state index contributed by atoms with van der Waals surface area (Å²) in [5.74, 6) is -3.09. The Morgan fingerprint density at radius 3 is 2.53 bits per heavy atom. The molecule has 3 aromatic rings. The van der Waals surface area contributed by atoms with Crippen molar-refractivity contribution >= 4 is 40.6 Å². The first kappa shape index (κ1) is 24.1. The highest BCUT2D eigenvalue weighted by molar-refractivity contribution is 5.97. The lowest BCUT2D eigenvalue weighted by molar-refractivity contribution is -0.140. The Labute approximate surface area is 192 Å². The fraction of sp³-hybridized carbons (Fsp3) is 0.286. The van der Waals surface area contributed by atoms with Crippen LogP contribution in [-0.4, -0.2) is 67.6 Å².